The second kappa shape index (κ2) is 8.62. The zero-order valence-corrected chi connectivity index (χ0v) is 17.8. The number of hydrogen-bond acceptors (Lipinski definition) is 7. The molecule has 9 heteroatoms. The minimum atomic E-state index is -0.478. The molecule has 34 heavy (non-hydrogen) atoms. The fraction of sp³-hybridized carbons (Fsp3) is 0.0400. The van der Waals surface area contributed by atoms with E-state index in [0.29, 0.717) is 44.8 Å². The predicted molar refractivity (Wildman–Crippen MR) is 125 cm³/mol. The molecule has 0 fully saturated rings. The zero-order valence-electron chi connectivity index (χ0n) is 17.8. The van der Waals surface area contributed by atoms with E-state index in [0.717, 1.165) is 0 Å². The Labute approximate surface area is 192 Å². The number of ether oxygens (including phenoxy) is 1. The average molecular weight is 456 g/mol. The monoisotopic (exact) mass is 456 g/mol. The summed E-state index contributed by atoms with van der Waals surface area (Å²) >= 11 is 0. The number of fused-ring (bicyclic) bond motifs is 3. The number of carbonyl (C=O) groups excluding carboxylic acids is 2. The Morgan fingerprint density at radius 2 is 1.74 bits per heavy atom. The summed E-state index contributed by atoms with van der Waals surface area (Å²) in [5.74, 6) is -0.862. The smallest absolute Gasteiger partial charge is 0.337 e. The molecule has 2 aromatic heterocycles. The summed E-state index contributed by atoms with van der Waals surface area (Å²) in [6.45, 7) is 0. The summed E-state index contributed by atoms with van der Waals surface area (Å²) in [6, 6.07) is 17.4. The molecule has 2 N–H and O–H groups in total. The van der Waals surface area contributed by atoms with Crippen LogP contribution < -0.4 is 10.6 Å². The van der Waals surface area contributed by atoms with Gasteiger partial charge in [-0.2, -0.15) is 0 Å². The summed E-state index contributed by atoms with van der Waals surface area (Å²) in [7, 11) is 1.32. The number of benzene rings is 3. The lowest BCUT2D eigenvalue weighted by Gasteiger charge is -2.09. The van der Waals surface area contributed by atoms with Crippen LogP contribution in [0, 0.1) is 5.82 Å². The number of methoxy groups -OCH3 is 1. The van der Waals surface area contributed by atoms with Gasteiger partial charge in [-0.3, -0.25) is 4.79 Å². The Morgan fingerprint density at radius 3 is 2.50 bits per heavy atom. The van der Waals surface area contributed by atoms with Crippen LogP contribution in [-0.4, -0.2) is 29.0 Å². The first-order valence-electron chi connectivity index (χ1n) is 10.2. The number of nitrogens with one attached hydrogen (secondary N) is 2. The SMILES string of the molecule is COC(=O)c1ccc2oc3ncnc(Nc4ccc(NC(=O)c5cccc(F)c5)cc4)c3c2c1. The van der Waals surface area contributed by atoms with Crippen LogP contribution in [0.3, 0.4) is 0 Å². The van der Waals surface area contributed by atoms with Crippen molar-refractivity contribution in [1.82, 2.24) is 9.97 Å². The average Bonchev–Trinajstić information content (AvgIpc) is 3.23. The molecule has 3 aromatic carbocycles. The van der Waals surface area contributed by atoms with E-state index in [-0.39, 0.29) is 5.56 Å². The van der Waals surface area contributed by atoms with Crippen molar-refractivity contribution in [1.29, 1.82) is 0 Å². The highest BCUT2D eigenvalue weighted by Gasteiger charge is 2.16. The van der Waals surface area contributed by atoms with E-state index in [1.165, 1.54) is 37.7 Å². The number of amides is 1. The van der Waals surface area contributed by atoms with Gasteiger partial charge in [-0.05, 0) is 60.7 Å². The maximum Gasteiger partial charge on any atom is 0.337 e. The maximum absolute atomic E-state index is 13.4. The van der Waals surface area contributed by atoms with Crippen LogP contribution >= 0.6 is 0 Å². The van der Waals surface area contributed by atoms with E-state index in [1.807, 2.05) is 0 Å². The Morgan fingerprint density at radius 1 is 0.941 bits per heavy atom. The number of halogens is 1. The fourth-order valence-corrected chi connectivity index (χ4v) is 3.55. The van der Waals surface area contributed by atoms with Crippen LogP contribution in [0.4, 0.5) is 21.6 Å². The third-order valence-corrected chi connectivity index (χ3v) is 5.18. The van der Waals surface area contributed by atoms with Gasteiger partial charge in [0.2, 0.25) is 5.71 Å². The highest BCUT2D eigenvalue weighted by atomic mass is 19.1. The Balaban J connectivity index is 1.41. The molecule has 0 aliphatic rings. The second-order valence-electron chi connectivity index (χ2n) is 7.37. The van der Waals surface area contributed by atoms with E-state index in [9.17, 15) is 14.0 Å². The number of esters is 1. The Kier molecular flexibility index (Phi) is 5.35. The number of anilines is 3. The molecule has 0 radical (unpaired) electrons. The number of carbonyl (C=O) groups is 2. The standard InChI is InChI=1S/C25H17FN4O4/c1-33-25(32)15-5-10-20-19(12-15)21-22(27-13-28-24(21)34-20)29-17-6-8-18(9-7-17)30-23(31)14-3-2-4-16(26)11-14/h2-13H,1H3,(H,30,31)(H,27,28,29). The van der Waals surface area contributed by atoms with Gasteiger partial charge in [-0.25, -0.2) is 19.2 Å². The molecule has 5 rings (SSSR count). The van der Waals surface area contributed by atoms with Crippen molar-refractivity contribution >= 4 is 51.1 Å². The van der Waals surface area contributed by atoms with Gasteiger partial charge in [0.05, 0.1) is 18.1 Å². The lowest BCUT2D eigenvalue weighted by Crippen LogP contribution is -2.11. The van der Waals surface area contributed by atoms with Crippen molar-refractivity contribution in [2.45, 2.75) is 0 Å². The number of aromatic nitrogens is 2. The molecule has 0 bridgehead atoms. The minimum Gasteiger partial charge on any atom is -0.465 e. The van der Waals surface area contributed by atoms with Gasteiger partial charge in [0.15, 0.2) is 0 Å². The molecule has 0 aliphatic heterocycles. The predicted octanol–water partition coefficient (Wildman–Crippen LogP) is 5.30. The number of furan rings is 1. The van der Waals surface area contributed by atoms with E-state index in [2.05, 4.69) is 20.6 Å². The summed E-state index contributed by atoms with van der Waals surface area (Å²) in [6.07, 6.45) is 1.38. The van der Waals surface area contributed by atoms with Crippen LogP contribution in [0.25, 0.3) is 22.1 Å². The number of hydrogen-bond donors (Lipinski definition) is 2. The van der Waals surface area contributed by atoms with Crippen LogP contribution in [0.2, 0.25) is 0 Å². The van der Waals surface area contributed by atoms with Crippen molar-refractivity contribution in [2.75, 3.05) is 17.7 Å². The third-order valence-electron chi connectivity index (χ3n) is 5.18. The van der Waals surface area contributed by atoms with Gasteiger partial charge in [0, 0.05) is 22.3 Å². The first kappa shape index (κ1) is 21.1. The summed E-state index contributed by atoms with van der Waals surface area (Å²) in [5, 5.41) is 7.23. The topological polar surface area (TPSA) is 106 Å². The second-order valence-corrected chi connectivity index (χ2v) is 7.37. The molecule has 0 unspecified atom stereocenters. The quantitative estimate of drug-likeness (QED) is 0.346. The minimum absolute atomic E-state index is 0.226. The van der Waals surface area contributed by atoms with Crippen molar-refractivity contribution in [3.05, 3.63) is 90.0 Å². The lowest BCUT2D eigenvalue weighted by molar-refractivity contribution is 0.0600. The van der Waals surface area contributed by atoms with Crippen LogP contribution in [0.5, 0.6) is 0 Å². The van der Waals surface area contributed by atoms with Gasteiger partial charge >= 0.3 is 5.97 Å². The summed E-state index contributed by atoms with van der Waals surface area (Å²) in [5.41, 5.74) is 2.77. The first-order chi connectivity index (χ1) is 16.5. The molecule has 1 amide bonds. The van der Waals surface area contributed by atoms with Crippen LogP contribution in [-0.2, 0) is 4.74 Å². The van der Waals surface area contributed by atoms with E-state index >= 15 is 0 Å². The maximum atomic E-state index is 13.4. The van der Waals surface area contributed by atoms with Gasteiger partial charge < -0.3 is 19.8 Å². The molecule has 5 aromatic rings. The highest BCUT2D eigenvalue weighted by Crippen LogP contribution is 2.33. The molecule has 0 atom stereocenters. The van der Waals surface area contributed by atoms with Gasteiger partial charge in [-0.1, -0.05) is 6.07 Å². The lowest BCUT2D eigenvalue weighted by atomic mass is 10.1. The normalized spacial score (nSPS) is 10.9. The zero-order chi connectivity index (χ0) is 23.7. The van der Waals surface area contributed by atoms with Crippen LogP contribution in [0.1, 0.15) is 20.7 Å². The number of rotatable bonds is 5. The molecule has 0 saturated carbocycles. The molecule has 8 nitrogen and oxygen atoms in total. The number of nitrogens with zero attached hydrogens (tertiary/aromatic N) is 2. The van der Waals surface area contributed by atoms with Crippen LogP contribution in [0.15, 0.2) is 77.5 Å². The molecular weight excluding hydrogens is 439 g/mol. The molecular formula is C25H17FN4O4. The highest BCUT2D eigenvalue weighted by molar-refractivity contribution is 6.11. The van der Waals surface area contributed by atoms with Crippen molar-refractivity contribution in [2.24, 2.45) is 0 Å². The van der Waals surface area contributed by atoms with Gasteiger partial charge in [0.1, 0.15) is 23.5 Å². The van der Waals surface area contributed by atoms with E-state index in [1.54, 1.807) is 42.5 Å². The van der Waals surface area contributed by atoms with Crippen molar-refractivity contribution in [3.63, 3.8) is 0 Å². The summed E-state index contributed by atoms with van der Waals surface area (Å²) < 4.78 is 24.0. The molecule has 0 saturated heterocycles. The van der Waals surface area contributed by atoms with Gasteiger partial charge in [0.25, 0.3) is 5.91 Å². The summed E-state index contributed by atoms with van der Waals surface area (Å²) in [4.78, 5) is 32.8. The largest absolute Gasteiger partial charge is 0.465 e. The van der Waals surface area contributed by atoms with E-state index < -0.39 is 17.7 Å². The molecule has 2 heterocycles. The van der Waals surface area contributed by atoms with Gasteiger partial charge in [-0.15, -0.1) is 0 Å². The third kappa shape index (κ3) is 4.02. The first-order valence-corrected chi connectivity index (χ1v) is 10.2. The van der Waals surface area contributed by atoms with Crippen molar-refractivity contribution in [3.8, 4) is 0 Å². The molecule has 168 valence electrons. The van der Waals surface area contributed by atoms with Crippen molar-refractivity contribution < 1.29 is 23.1 Å². The Hall–Kier alpha value is -4.79. The fourth-order valence-electron chi connectivity index (χ4n) is 3.55. The molecule has 0 aliphatic carbocycles. The Bertz CT molecular complexity index is 1550. The molecule has 0 spiro atoms. The van der Waals surface area contributed by atoms with E-state index in [4.69, 9.17) is 9.15 Å².